The summed E-state index contributed by atoms with van der Waals surface area (Å²) >= 11 is 0. The monoisotopic (exact) mass is 362 g/mol. The van der Waals surface area contributed by atoms with E-state index in [1.807, 2.05) is 61.5 Å². The van der Waals surface area contributed by atoms with Gasteiger partial charge in [0.05, 0.1) is 19.0 Å². The highest BCUT2D eigenvalue weighted by atomic mass is 16.5. The van der Waals surface area contributed by atoms with Crippen LogP contribution in [0.2, 0.25) is 0 Å². The minimum atomic E-state index is -0.273. The Kier molecular flexibility index (Phi) is 5.56. The van der Waals surface area contributed by atoms with Gasteiger partial charge in [0.2, 0.25) is 0 Å². The third kappa shape index (κ3) is 4.76. The molecule has 27 heavy (non-hydrogen) atoms. The van der Waals surface area contributed by atoms with E-state index in [1.165, 1.54) is 0 Å². The fourth-order valence-electron chi connectivity index (χ4n) is 2.51. The largest absolute Gasteiger partial charge is 0.497 e. The molecule has 0 saturated heterocycles. The first-order valence-electron chi connectivity index (χ1n) is 8.51. The van der Waals surface area contributed by atoms with Crippen molar-refractivity contribution >= 4 is 28.7 Å². The number of amides is 1. The van der Waals surface area contributed by atoms with Gasteiger partial charge in [-0.2, -0.15) is 0 Å². The van der Waals surface area contributed by atoms with Crippen LogP contribution in [0.1, 0.15) is 10.5 Å². The van der Waals surface area contributed by atoms with Crippen LogP contribution in [-0.4, -0.2) is 32.1 Å². The second-order valence-electron chi connectivity index (χ2n) is 6.18. The highest BCUT2D eigenvalue weighted by Crippen LogP contribution is 2.20. The van der Waals surface area contributed by atoms with Gasteiger partial charge in [-0.3, -0.25) is 4.79 Å². The van der Waals surface area contributed by atoms with Gasteiger partial charge in [0, 0.05) is 37.2 Å². The number of rotatable bonds is 6. The fraction of sp³-hybridized carbons (Fsp3) is 0.143. The molecule has 0 unspecified atom stereocenters. The van der Waals surface area contributed by atoms with Gasteiger partial charge in [0.15, 0.2) is 0 Å². The van der Waals surface area contributed by atoms with E-state index in [2.05, 4.69) is 15.6 Å². The highest BCUT2D eigenvalue weighted by molar-refractivity contribution is 6.03. The summed E-state index contributed by atoms with van der Waals surface area (Å²) in [6, 6.07) is 18.8. The first-order chi connectivity index (χ1) is 13.0. The van der Waals surface area contributed by atoms with Crippen LogP contribution in [0, 0.1) is 0 Å². The molecule has 0 radical (unpaired) electrons. The van der Waals surface area contributed by atoms with E-state index in [9.17, 15) is 4.79 Å². The van der Waals surface area contributed by atoms with Crippen LogP contribution in [0.15, 0.2) is 66.9 Å². The van der Waals surface area contributed by atoms with E-state index < -0.39 is 0 Å². The molecule has 6 heteroatoms. The number of methoxy groups -OCH3 is 1. The molecule has 1 heterocycles. The maximum Gasteiger partial charge on any atom is 0.274 e. The van der Waals surface area contributed by atoms with Crippen molar-refractivity contribution in [1.29, 1.82) is 0 Å². The molecular weight excluding hydrogens is 340 g/mol. The topological polar surface area (TPSA) is 66.5 Å². The summed E-state index contributed by atoms with van der Waals surface area (Å²) in [5.74, 6) is 0.408. The maximum atomic E-state index is 12.3. The van der Waals surface area contributed by atoms with Crippen LogP contribution >= 0.6 is 0 Å². The number of anilines is 4. The van der Waals surface area contributed by atoms with Crippen molar-refractivity contribution in [2.24, 2.45) is 0 Å². The molecule has 3 rings (SSSR count). The zero-order valence-electron chi connectivity index (χ0n) is 15.6. The number of carbonyl (C=O) groups is 1. The molecule has 0 saturated carbocycles. The lowest BCUT2D eigenvalue weighted by Crippen LogP contribution is -2.13. The van der Waals surface area contributed by atoms with Gasteiger partial charge in [0.1, 0.15) is 11.4 Å². The lowest BCUT2D eigenvalue weighted by atomic mass is 10.2. The molecule has 0 aliphatic rings. The van der Waals surface area contributed by atoms with E-state index >= 15 is 0 Å². The van der Waals surface area contributed by atoms with Crippen molar-refractivity contribution in [2.75, 3.05) is 36.7 Å². The molecule has 1 amide bonds. The molecule has 0 atom stereocenters. The molecule has 138 valence electrons. The zero-order valence-corrected chi connectivity index (χ0v) is 15.6. The average molecular weight is 362 g/mol. The molecular formula is C21H22N4O2. The molecule has 0 fully saturated rings. The summed E-state index contributed by atoms with van der Waals surface area (Å²) in [7, 11) is 5.59. The quantitative estimate of drug-likeness (QED) is 0.689. The number of nitrogens with one attached hydrogen (secondary N) is 2. The van der Waals surface area contributed by atoms with Crippen LogP contribution < -0.4 is 20.3 Å². The van der Waals surface area contributed by atoms with Gasteiger partial charge in [-0.25, -0.2) is 4.98 Å². The van der Waals surface area contributed by atoms with Crippen molar-refractivity contribution in [3.05, 3.63) is 72.6 Å². The number of hydrogen-bond donors (Lipinski definition) is 2. The van der Waals surface area contributed by atoms with Gasteiger partial charge in [-0.05, 0) is 48.5 Å². The second-order valence-corrected chi connectivity index (χ2v) is 6.18. The van der Waals surface area contributed by atoms with Gasteiger partial charge in [-0.1, -0.05) is 6.07 Å². The van der Waals surface area contributed by atoms with Gasteiger partial charge < -0.3 is 20.3 Å². The fourth-order valence-corrected chi connectivity index (χ4v) is 2.51. The van der Waals surface area contributed by atoms with E-state index in [-0.39, 0.29) is 5.91 Å². The molecule has 1 aromatic heterocycles. The minimum Gasteiger partial charge on any atom is -0.497 e. The summed E-state index contributed by atoms with van der Waals surface area (Å²) in [6.45, 7) is 0. The van der Waals surface area contributed by atoms with Gasteiger partial charge in [0.25, 0.3) is 5.91 Å². The molecule has 0 spiro atoms. The van der Waals surface area contributed by atoms with Crippen LogP contribution in [0.4, 0.5) is 22.7 Å². The third-order valence-corrected chi connectivity index (χ3v) is 4.00. The van der Waals surface area contributed by atoms with E-state index in [1.54, 1.807) is 31.5 Å². The first-order valence-corrected chi connectivity index (χ1v) is 8.51. The number of ether oxygens (including phenoxy) is 1. The van der Waals surface area contributed by atoms with Crippen molar-refractivity contribution in [2.45, 2.75) is 0 Å². The lowest BCUT2D eigenvalue weighted by molar-refractivity contribution is 0.102. The summed E-state index contributed by atoms with van der Waals surface area (Å²) < 4.78 is 5.16. The third-order valence-electron chi connectivity index (χ3n) is 4.00. The van der Waals surface area contributed by atoms with Crippen LogP contribution in [0.3, 0.4) is 0 Å². The Balaban J connectivity index is 1.64. The standard InChI is InChI=1S/C21H22N4O2/c1-25(2)18-10-7-15(8-11-18)23-17-9-12-20(22-14-17)21(26)24-16-5-4-6-19(13-16)27-3/h4-14,23H,1-3H3,(H,24,26). The first kappa shape index (κ1) is 18.3. The van der Waals surface area contributed by atoms with Crippen LogP contribution in [0.5, 0.6) is 5.75 Å². The van der Waals surface area contributed by atoms with Crippen LogP contribution in [-0.2, 0) is 0 Å². The van der Waals surface area contributed by atoms with Crippen molar-refractivity contribution < 1.29 is 9.53 Å². The van der Waals surface area contributed by atoms with E-state index in [0.29, 0.717) is 17.1 Å². The normalized spacial score (nSPS) is 10.2. The summed E-state index contributed by atoms with van der Waals surface area (Å²) in [5.41, 5.74) is 3.89. The average Bonchev–Trinajstić information content (AvgIpc) is 2.69. The zero-order chi connectivity index (χ0) is 19.2. The smallest absolute Gasteiger partial charge is 0.274 e. The second kappa shape index (κ2) is 8.23. The Labute approximate surface area is 158 Å². The Hall–Kier alpha value is -3.54. The Morgan fingerprint density at radius 3 is 2.33 bits per heavy atom. The van der Waals surface area contributed by atoms with Crippen molar-refractivity contribution in [3.8, 4) is 5.75 Å². The number of nitrogens with zero attached hydrogens (tertiary/aromatic N) is 2. The molecule has 3 aromatic rings. The number of aromatic nitrogens is 1. The summed E-state index contributed by atoms with van der Waals surface area (Å²) in [6.07, 6.45) is 1.64. The van der Waals surface area contributed by atoms with Gasteiger partial charge in [-0.15, -0.1) is 0 Å². The highest BCUT2D eigenvalue weighted by Gasteiger charge is 2.08. The molecule has 0 bridgehead atoms. The SMILES string of the molecule is COc1cccc(NC(=O)c2ccc(Nc3ccc(N(C)C)cc3)cn2)c1. The van der Waals surface area contributed by atoms with E-state index in [0.717, 1.165) is 17.1 Å². The molecule has 2 aromatic carbocycles. The molecule has 0 aliphatic heterocycles. The van der Waals surface area contributed by atoms with Crippen molar-refractivity contribution in [3.63, 3.8) is 0 Å². The Morgan fingerprint density at radius 1 is 0.963 bits per heavy atom. The predicted octanol–water partition coefficient (Wildman–Crippen LogP) is 4.15. The minimum absolute atomic E-state index is 0.273. The number of hydrogen-bond acceptors (Lipinski definition) is 5. The van der Waals surface area contributed by atoms with Crippen LogP contribution in [0.25, 0.3) is 0 Å². The maximum absolute atomic E-state index is 12.3. The summed E-state index contributed by atoms with van der Waals surface area (Å²) in [5, 5.41) is 6.08. The number of pyridine rings is 1. The molecule has 2 N–H and O–H groups in total. The Morgan fingerprint density at radius 2 is 1.70 bits per heavy atom. The van der Waals surface area contributed by atoms with Gasteiger partial charge >= 0.3 is 0 Å². The number of carbonyl (C=O) groups excluding carboxylic acids is 1. The van der Waals surface area contributed by atoms with E-state index in [4.69, 9.17) is 4.74 Å². The van der Waals surface area contributed by atoms with Crippen molar-refractivity contribution in [1.82, 2.24) is 4.98 Å². The molecule has 0 aliphatic carbocycles. The predicted molar refractivity (Wildman–Crippen MR) is 109 cm³/mol. The Bertz CT molecular complexity index is 906. The number of benzene rings is 2. The summed E-state index contributed by atoms with van der Waals surface area (Å²) in [4.78, 5) is 18.6. The lowest BCUT2D eigenvalue weighted by Gasteiger charge is -2.13. The molecule has 6 nitrogen and oxygen atoms in total.